The fraction of sp³-hybridized carbons (Fsp3) is 0.0526. The van der Waals surface area contributed by atoms with Gasteiger partial charge in [0.05, 0.1) is 12.4 Å². The summed E-state index contributed by atoms with van der Waals surface area (Å²) in [6.45, 7) is 0. The number of benzene rings is 1. The summed E-state index contributed by atoms with van der Waals surface area (Å²) >= 11 is 0. The van der Waals surface area contributed by atoms with Crippen LogP contribution >= 0.6 is 0 Å². The van der Waals surface area contributed by atoms with Gasteiger partial charge in [-0.15, -0.1) is 0 Å². The zero-order valence-electron chi connectivity index (χ0n) is 13.2. The molecule has 1 unspecified atom stereocenters. The minimum Gasteiger partial charge on any atom is -0.456 e. The summed E-state index contributed by atoms with van der Waals surface area (Å²) in [6, 6.07) is 15.0. The maximum absolute atomic E-state index is 5.73. The highest BCUT2D eigenvalue weighted by molar-refractivity contribution is 5.34. The molecular formula is C19H15N3O3. The minimum absolute atomic E-state index is 0.237. The van der Waals surface area contributed by atoms with Crippen LogP contribution in [0.5, 0.6) is 17.2 Å². The lowest BCUT2D eigenvalue weighted by atomic mass is 10.1. The van der Waals surface area contributed by atoms with Crippen LogP contribution in [0.3, 0.4) is 0 Å². The first kappa shape index (κ1) is 15.2. The molecule has 0 fully saturated rings. The second-order valence-corrected chi connectivity index (χ2v) is 5.32. The average molecular weight is 333 g/mol. The number of aromatic nitrogens is 2. The molecular weight excluding hydrogens is 318 g/mol. The van der Waals surface area contributed by atoms with Gasteiger partial charge in [0.15, 0.2) is 0 Å². The molecule has 0 amide bonds. The topological polar surface area (TPSA) is 65.5 Å². The van der Waals surface area contributed by atoms with Gasteiger partial charge in [0.2, 0.25) is 5.88 Å². The Morgan fingerprint density at radius 3 is 2.12 bits per heavy atom. The Kier molecular flexibility index (Phi) is 4.26. The normalized spacial score (nSPS) is 16.0. The second-order valence-electron chi connectivity index (χ2n) is 5.32. The molecule has 0 bridgehead atoms. The molecule has 0 spiro atoms. The summed E-state index contributed by atoms with van der Waals surface area (Å²) in [5.41, 5.74) is 3.76. The van der Waals surface area contributed by atoms with Crippen molar-refractivity contribution in [2.24, 2.45) is 0 Å². The molecule has 0 aliphatic carbocycles. The van der Waals surface area contributed by atoms with Crippen molar-refractivity contribution in [2.75, 3.05) is 0 Å². The Labute approximate surface area is 144 Å². The molecule has 124 valence electrons. The number of nitrogens with zero attached hydrogens (tertiary/aromatic N) is 2. The molecule has 6 nitrogen and oxygen atoms in total. The number of hydrogen-bond donors (Lipinski definition) is 1. The van der Waals surface area contributed by atoms with E-state index in [4.69, 9.17) is 14.3 Å². The van der Waals surface area contributed by atoms with Crippen LogP contribution in [0.4, 0.5) is 0 Å². The molecule has 1 atom stereocenters. The lowest BCUT2D eigenvalue weighted by molar-refractivity contribution is 0.0273. The first-order chi connectivity index (χ1) is 12.4. The SMILES string of the molecule is C1=C(Oc2cccnc2)NOC1c1ccc(Oc2cccnc2)cc1. The first-order valence-electron chi connectivity index (χ1n) is 7.76. The van der Waals surface area contributed by atoms with E-state index in [2.05, 4.69) is 15.4 Å². The van der Waals surface area contributed by atoms with E-state index in [-0.39, 0.29) is 6.10 Å². The maximum atomic E-state index is 5.73. The van der Waals surface area contributed by atoms with Gasteiger partial charge in [-0.1, -0.05) is 12.1 Å². The first-order valence-corrected chi connectivity index (χ1v) is 7.76. The van der Waals surface area contributed by atoms with Crippen molar-refractivity contribution in [1.82, 2.24) is 15.4 Å². The highest BCUT2D eigenvalue weighted by Gasteiger charge is 2.20. The summed E-state index contributed by atoms with van der Waals surface area (Å²) in [7, 11) is 0. The van der Waals surface area contributed by atoms with E-state index in [0.717, 1.165) is 11.3 Å². The summed E-state index contributed by atoms with van der Waals surface area (Å²) < 4.78 is 11.4. The Bertz CT molecular complexity index is 852. The monoisotopic (exact) mass is 333 g/mol. The van der Waals surface area contributed by atoms with Crippen molar-refractivity contribution in [3.63, 3.8) is 0 Å². The third-order valence-electron chi connectivity index (χ3n) is 3.53. The molecule has 0 radical (unpaired) electrons. The third kappa shape index (κ3) is 3.76. The van der Waals surface area contributed by atoms with Crippen molar-refractivity contribution < 1.29 is 14.3 Å². The summed E-state index contributed by atoms with van der Waals surface area (Å²) in [5, 5.41) is 0. The zero-order valence-corrected chi connectivity index (χ0v) is 13.2. The number of rotatable bonds is 5. The fourth-order valence-electron chi connectivity index (χ4n) is 2.35. The fourth-order valence-corrected chi connectivity index (χ4v) is 2.35. The van der Waals surface area contributed by atoms with E-state index in [9.17, 15) is 0 Å². The smallest absolute Gasteiger partial charge is 0.216 e. The lowest BCUT2D eigenvalue weighted by Gasteiger charge is -2.09. The predicted octanol–water partition coefficient (Wildman–Crippen LogP) is 3.77. The molecule has 1 aliphatic heterocycles. The van der Waals surface area contributed by atoms with E-state index in [1.54, 1.807) is 24.8 Å². The molecule has 1 aromatic carbocycles. The molecule has 0 saturated heterocycles. The van der Waals surface area contributed by atoms with Gasteiger partial charge in [-0.2, -0.15) is 0 Å². The Balaban J connectivity index is 1.42. The van der Waals surface area contributed by atoms with Gasteiger partial charge in [0.25, 0.3) is 0 Å². The number of hydroxylamine groups is 1. The van der Waals surface area contributed by atoms with Crippen molar-refractivity contribution in [1.29, 1.82) is 0 Å². The van der Waals surface area contributed by atoms with Gasteiger partial charge in [0.1, 0.15) is 23.4 Å². The van der Waals surface area contributed by atoms with Gasteiger partial charge in [-0.25, -0.2) is 5.48 Å². The molecule has 3 heterocycles. The van der Waals surface area contributed by atoms with Crippen molar-refractivity contribution in [3.05, 3.63) is 90.8 Å². The Morgan fingerprint density at radius 2 is 1.48 bits per heavy atom. The van der Waals surface area contributed by atoms with Crippen LogP contribution in [0.2, 0.25) is 0 Å². The summed E-state index contributed by atoms with van der Waals surface area (Å²) in [6.07, 6.45) is 8.34. The van der Waals surface area contributed by atoms with Crippen LogP contribution < -0.4 is 15.0 Å². The molecule has 1 N–H and O–H groups in total. The molecule has 2 aromatic heterocycles. The van der Waals surface area contributed by atoms with Crippen LogP contribution in [0.25, 0.3) is 0 Å². The highest BCUT2D eigenvalue weighted by atomic mass is 16.7. The van der Waals surface area contributed by atoms with E-state index in [1.165, 1.54) is 0 Å². The molecule has 6 heteroatoms. The lowest BCUT2D eigenvalue weighted by Crippen LogP contribution is -2.12. The van der Waals surface area contributed by atoms with Crippen LogP contribution in [0, 0.1) is 0 Å². The predicted molar refractivity (Wildman–Crippen MR) is 90.7 cm³/mol. The van der Waals surface area contributed by atoms with Crippen LogP contribution in [0.1, 0.15) is 11.7 Å². The maximum Gasteiger partial charge on any atom is 0.216 e. The quantitative estimate of drug-likeness (QED) is 0.767. The van der Waals surface area contributed by atoms with Crippen LogP contribution in [0.15, 0.2) is 85.3 Å². The second kappa shape index (κ2) is 7.02. The Morgan fingerprint density at radius 1 is 0.800 bits per heavy atom. The van der Waals surface area contributed by atoms with E-state index >= 15 is 0 Å². The van der Waals surface area contributed by atoms with Gasteiger partial charge in [-0.05, 0) is 42.0 Å². The molecule has 1 aliphatic rings. The zero-order chi connectivity index (χ0) is 16.9. The van der Waals surface area contributed by atoms with Gasteiger partial charge < -0.3 is 9.47 Å². The third-order valence-corrected chi connectivity index (χ3v) is 3.53. The number of pyridine rings is 2. The highest BCUT2D eigenvalue weighted by Crippen LogP contribution is 2.28. The molecule has 4 rings (SSSR count). The van der Waals surface area contributed by atoms with E-state index in [1.807, 2.05) is 54.6 Å². The summed E-state index contributed by atoms with van der Waals surface area (Å²) in [5.74, 6) is 2.61. The van der Waals surface area contributed by atoms with E-state index in [0.29, 0.717) is 17.4 Å². The van der Waals surface area contributed by atoms with Crippen molar-refractivity contribution >= 4 is 0 Å². The minimum atomic E-state index is -0.237. The van der Waals surface area contributed by atoms with Gasteiger partial charge in [-0.3, -0.25) is 14.8 Å². The van der Waals surface area contributed by atoms with Gasteiger partial charge >= 0.3 is 0 Å². The number of nitrogens with one attached hydrogen (secondary N) is 1. The van der Waals surface area contributed by atoms with E-state index < -0.39 is 0 Å². The van der Waals surface area contributed by atoms with Crippen molar-refractivity contribution in [2.45, 2.75) is 6.10 Å². The molecule has 25 heavy (non-hydrogen) atoms. The Hall–Kier alpha value is -3.38. The van der Waals surface area contributed by atoms with Crippen LogP contribution in [-0.4, -0.2) is 9.97 Å². The standard InChI is InChI=1S/C19H15N3O3/c1-3-16(12-20-9-1)23-15-7-5-14(6-8-15)18-11-19(22-25-18)24-17-4-2-10-21-13-17/h1-13,18,22H. The van der Waals surface area contributed by atoms with Crippen LogP contribution in [-0.2, 0) is 4.84 Å². The number of hydrogen-bond acceptors (Lipinski definition) is 6. The van der Waals surface area contributed by atoms with Gasteiger partial charge in [0, 0.05) is 18.5 Å². The summed E-state index contributed by atoms with van der Waals surface area (Å²) in [4.78, 5) is 13.6. The largest absolute Gasteiger partial charge is 0.456 e. The average Bonchev–Trinajstić information content (AvgIpc) is 3.12. The molecule has 0 saturated carbocycles. The van der Waals surface area contributed by atoms with Crippen molar-refractivity contribution in [3.8, 4) is 17.2 Å². The molecule has 3 aromatic rings. The number of ether oxygens (including phenoxy) is 2.